The zero-order chi connectivity index (χ0) is 20.2. The highest BCUT2D eigenvalue weighted by Gasteiger charge is 2.14. The quantitative estimate of drug-likeness (QED) is 0.785. The molecule has 0 aliphatic rings. The fourth-order valence-electron chi connectivity index (χ4n) is 2.61. The number of sulfonamides is 1. The van der Waals surface area contributed by atoms with Crippen LogP contribution in [-0.4, -0.2) is 34.2 Å². The van der Waals surface area contributed by atoms with Crippen molar-refractivity contribution >= 4 is 27.3 Å². The highest BCUT2D eigenvalue weighted by Crippen LogP contribution is 2.27. The van der Waals surface area contributed by atoms with E-state index in [1.165, 1.54) is 11.4 Å². The van der Waals surface area contributed by atoms with Gasteiger partial charge in [-0.15, -0.1) is 0 Å². The summed E-state index contributed by atoms with van der Waals surface area (Å²) in [6.45, 7) is 5.98. The van der Waals surface area contributed by atoms with Crippen molar-refractivity contribution in [1.29, 1.82) is 0 Å². The van der Waals surface area contributed by atoms with Gasteiger partial charge in [-0.25, -0.2) is 8.42 Å². The van der Waals surface area contributed by atoms with Gasteiger partial charge in [0.05, 0.1) is 11.9 Å². The molecule has 2 aromatic carbocycles. The summed E-state index contributed by atoms with van der Waals surface area (Å²) in [4.78, 5) is 12.3. The Kier molecular flexibility index (Phi) is 6.49. The van der Waals surface area contributed by atoms with E-state index in [9.17, 15) is 13.2 Å². The van der Waals surface area contributed by atoms with E-state index >= 15 is 0 Å². The van der Waals surface area contributed by atoms with Crippen molar-refractivity contribution in [1.82, 2.24) is 0 Å². The molecule has 0 spiro atoms. The summed E-state index contributed by atoms with van der Waals surface area (Å²) in [5.74, 6) is 0.536. The molecule has 146 valence electrons. The minimum Gasteiger partial charge on any atom is -0.484 e. The SMILES string of the molecule is Cc1cccc(C(C)C)c1NC(=O)COc1ccc(N(C)S(C)(=O)=O)cc1. The van der Waals surface area contributed by atoms with Crippen LogP contribution >= 0.6 is 0 Å². The normalized spacial score (nSPS) is 11.3. The van der Waals surface area contributed by atoms with E-state index < -0.39 is 10.0 Å². The molecule has 7 heteroatoms. The molecule has 1 N–H and O–H groups in total. The van der Waals surface area contributed by atoms with Crippen LogP contribution in [0.5, 0.6) is 5.75 Å². The molecule has 0 fully saturated rings. The molecule has 27 heavy (non-hydrogen) atoms. The largest absolute Gasteiger partial charge is 0.484 e. The molecular formula is C20H26N2O4S. The molecule has 0 saturated carbocycles. The van der Waals surface area contributed by atoms with Crippen LogP contribution in [0.15, 0.2) is 42.5 Å². The second-order valence-corrected chi connectivity index (χ2v) is 8.77. The van der Waals surface area contributed by atoms with Crippen LogP contribution in [0.1, 0.15) is 30.9 Å². The first-order valence-electron chi connectivity index (χ1n) is 8.65. The zero-order valence-corrected chi connectivity index (χ0v) is 17.1. The average Bonchev–Trinajstić information content (AvgIpc) is 2.60. The monoisotopic (exact) mass is 390 g/mol. The highest BCUT2D eigenvalue weighted by atomic mass is 32.2. The number of benzene rings is 2. The molecule has 0 bridgehead atoms. The maximum Gasteiger partial charge on any atom is 0.262 e. The van der Waals surface area contributed by atoms with Gasteiger partial charge in [0.15, 0.2) is 6.61 Å². The van der Waals surface area contributed by atoms with E-state index in [0.29, 0.717) is 17.4 Å². The van der Waals surface area contributed by atoms with Crippen molar-refractivity contribution in [2.75, 3.05) is 29.5 Å². The molecule has 0 aliphatic carbocycles. The maximum absolute atomic E-state index is 12.3. The molecule has 1 amide bonds. The van der Waals surface area contributed by atoms with Gasteiger partial charge in [0.25, 0.3) is 5.91 Å². The number of nitrogens with one attached hydrogen (secondary N) is 1. The summed E-state index contributed by atoms with van der Waals surface area (Å²) in [7, 11) is -1.84. The lowest BCUT2D eigenvalue weighted by atomic mass is 9.98. The van der Waals surface area contributed by atoms with Crippen molar-refractivity contribution in [2.45, 2.75) is 26.7 Å². The molecule has 0 aromatic heterocycles. The summed E-state index contributed by atoms with van der Waals surface area (Å²) in [5, 5.41) is 2.93. The summed E-state index contributed by atoms with van der Waals surface area (Å²) >= 11 is 0. The lowest BCUT2D eigenvalue weighted by Gasteiger charge is -2.17. The summed E-state index contributed by atoms with van der Waals surface area (Å²) in [6.07, 6.45) is 1.14. The van der Waals surface area contributed by atoms with Crippen LogP contribution in [0.25, 0.3) is 0 Å². The van der Waals surface area contributed by atoms with Gasteiger partial charge in [0, 0.05) is 12.7 Å². The molecule has 6 nitrogen and oxygen atoms in total. The molecule has 0 radical (unpaired) electrons. The summed E-state index contributed by atoms with van der Waals surface area (Å²) in [6, 6.07) is 12.5. The Morgan fingerprint density at radius 2 is 1.78 bits per heavy atom. The molecule has 0 heterocycles. The Hall–Kier alpha value is -2.54. The molecular weight excluding hydrogens is 364 g/mol. The van der Waals surface area contributed by atoms with Crippen LogP contribution in [-0.2, 0) is 14.8 Å². The number of amides is 1. The smallest absolute Gasteiger partial charge is 0.262 e. The van der Waals surface area contributed by atoms with Gasteiger partial charge in [-0.1, -0.05) is 32.0 Å². The van der Waals surface area contributed by atoms with Crippen molar-refractivity contribution in [3.8, 4) is 5.75 Å². The first kappa shape index (κ1) is 20.8. The molecule has 0 saturated heterocycles. The van der Waals surface area contributed by atoms with Gasteiger partial charge in [0.1, 0.15) is 5.75 Å². The number of para-hydroxylation sites is 1. The third-order valence-electron chi connectivity index (χ3n) is 4.26. The second kappa shape index (κ2) is 8.43. The van der Waals surface area contributed by atoms with Crippen molar-refractivity contribution in [2.24, 2.45) is 0 Å². The Balaban J connectivity index is 2.01. The lowest BCUT2D eigenvalue weighted by molar-refractivity contribution is -0.118. The van der Waals surface area contributed by atoms with Crippen LogP contribution in [0, 0.1) is 6.92 Å². The van der Waals surface area contributed by atoms with E-state index in [4.69, 9.17) is 4.74 Å². The Morgan fingerprint density at radius 1 is 1.15 bits per heavy atom. The Labute approximate surface area is 161 Å². The van der Waals surface area contributed by atoms with Gasteiger partial charge >= 0.3 is 0 Å². The van der Waals surface area contributed by atoms with Crippen LogP contribution < -0.4 is 14.4 Å². The number of carbonyl (C=O) groups excluding carboxylic acids is 1. The number of hydrogen-bond donors (Lipinski definition) is 1. The van der Waals surface area contributed by atoms with Gasteiger partial charge in [-0.2, -0.15) is 0 Å². The lowest BCUT2D eigenvalue weighted by Crippen LogP contribution is -2.24. The zero-order valence-electron chi connectivity index (χ0n) is 16.3. The number of nitrogens with zero attached hydrogens (tertiary/aromatic N) is 1. The maximum atomic E-state index is 12.3. The molecule has 2 aromatic rings. The predicted molar refractivity (Wildman–Crippen MR) is 109 cm³/mol. The fraction of sp³-hybridized carbons (Fsp3) is 0.350. The number of aryl methyl sites for hydroxylation is 1. The van der Waals surface area contributed by atoms with Gasteiger partial charge in [-0.3, -0.25) is 9.10 Å². The minimum atomic E-state index is -3.32. The van der Waals surface area contributed by atoms with Gasteiger partial charge in [-0.05, 0) is 48.2 Å². The van der Waals surface area contributed by atoms with Gasteiger partial charge in [0.2, 0.25) is 10.0 Å². The summed E-state index contributed by atoms with van der Waals surface area (Å²) < 4.78 is 29.8. The van der Waals surface area contributed by atoms with E-state index in [2.05, 4.69) is 19.2 Å². The molecule has 0 unspecified atom stereocenters. The fourth-order valence-corrected chi connectivity index (χ4v) is 3.12. The van der Waals surface area contributed by atoms with Crippen molar-refractivity contribution in [3.63, 3.8) is 0 Å². The van der Waals surface area contributed by atoms with Crippen LogP contribution in [0.2, 0.25) is 0 Å². The van der Waals surface area contributed by atoms with E-state index in [1.807, 2.05) is 25.1 Å². The van der Waals surface area contributed by atoms with E-state index in [1.54, 1.807) is 24.3 Å². The number of ether oxygens (including phenoxy) is 1. The third kappa shape index (κ3) is 5.47. The number of hydrogen-bond acceptors (Lipinski definition) is 4. The van der Waals surface area contributed by atoms with Crippen LogP contribution in [0.3, 0.4) is 0 Å². The van der Waals surface area contributed by atoms with E-state index in [0.717, 1.165) is 23.1 Å². The summed E-state index contributed by atoms with van der Waals surface area (Å²) in [5.41, 5.74) is 3.43. The van der Waals surface area contributed by atoms with Gasteiger partial charge < -0.3 is 10.1 Å². The average molecular weight is 391 g/mol. The molecule has 0 aliphatic heterocycles. The topological polar surface area (TPSA) is 75.7 Å². The number of carbonyl (C=O) groups is 1. The Bertz CT molecular complexity index is 906. The third-order valence-corrected chi connectivity index (χ3v) is 5.46. The number of rotatable bonds is 7. The highest BCUT2D eigenvalue weighted by molar-refractivity contribution is 7.92. The second-order valence-electron chi connectivity index (χ2n) is 6.76. The first-order valence-corrected chi connectivity index (χ1v) is 10.5. The standard InChI is InChI=1S/C20H26N2O4S/c1-14(2)18-8-6-7-15(3)20(18)21-19(23)13-26-17-11-9-16(10-12-17)22(4)27(5,24)25/h6-12,14H,13H2,1-5H3,(H,21,23). The van der Waals surface area contributed by atoms with Crippen molar-refractivity contribution < 1.29 is 17.9 Å². The van der Waals surface area contributed by atoms with Crippen LogP contribution in [0.4, 0.5) is 11.4 Å². The predicted octanol–water partition coefficient (Wildman–Crippen LogP) is 3.53. The molecule has 2 rings (SSSR count). The van der Waals surface area contributed by atoms with Crippen molar-refractivity contribution in [3.05, 3.63) is 53.6 Å². The minimum absolute atomic E-state index is 0.132. The Morgan fingerprint density at radius 3 is 2.33 bits per heavy atom. The molecule has 0 atom stereocenters. The number of anilines is 2. The first-order chi connectivity index (χ1) is 12.6. The van der Waals surface area contributed by atoms with E-state index in [-0.39, 0.29) is 12.5 Å².